The Morgan fingerprint density at radius 3 is 3.07 bits per heavy atom. The number of hydrogen-bond donors (Lipinski definition) is 2. The van der Waals surface area contributed by atoms with Gasteiger partial charge in [-0.2, -0.15) is 0 Å². The second-order valence-electron chi connectivity index (χ2n) is 4.50. The summed E-state index contributed by atoms with van der Waals surface area (Å²) >= 11 is 0. The predicted molar refractivity (Wildman–Crippen MR) is 60.7 cm³/mol. The largest absolute Gasteiger partial charge is 0.396 e. The predicted octanol–water partition coefficient (Wildman–Crippen LogP) is 0.0545. The van der Waals surface area contributed by atoms with Gasteiger partial charge >= 0.3 is 0 Å². The van der Waals surface area contributed by atoms with Crippen molar-refractivity contribution in [2.24, 2.45) is 11.7 Å². The van der Waals surface area contributed by atoms with Crippen molar-refractivity contribution in [3.8, 4) is 0 Å². The van der Waals surface area contributed by atoms with Gasteiger partial charge in [-0.05, 0) is 31.7 Å². The molecular weight excluding hydrogens is 192 g/mol. The molecule has 90 valence electrons. The van der Waals surface area contributed by atoms with Gasteiger partial charge in [0.1, 0.15) is 0 Å². The van der Waals surface area contributed by atoms with Gasteiger partial charge in [-0.15, -0.1) is 0 Å². The van der Waals surface area contributed by atoms with Crippen LogP contribution in [0.1, 0.15) is 19.3 Å². The van der Waals surface area contributed by atoms with Gasteiger partial charge in [0, 0.05) is 32.8 Å². The van der Waals surface area contributed by atoms with Crippen LogP contribution in [0.15, 0.2) is 0 Å². The van der Waals surface area contributed by atoms with Crippen molar-refractivity contribution in [2.75, 3.05) is 40.0 Å². The van der Waals surface area contributed by atoms with E-state index in [-0.39, 0.29) is 12.6 Å². The van der Waals surface area contributed by atoms with E-state index in [9.17, 15) is 0 Å². The van der Waals surface area contributed by atoms with Crippen LogP contribution in [0.25, 0.3) is 0 Å². The molecule has 1 aliphatic heterocycles. The number of nitrogens with two attached hydrogens (primary N) is 1. The zero-order chi connectivity index (χ0) is 11.1. The first-order valence-corrected chi connectivity index (χ1v) is 5.84. The third-order valence-electron chi connectivity index (χ3n) is 3.00. The molecule has 0 aromatic carbocycles. The number of nitrogens with zero attached hydrogens (tertiary/aromatic N) is 1. The summed E-state index contributed by atoms with van der Waals surface area (Å²) in [5, 5.41) is 8.78. The maximum Gasteiger partial charge on any atom is 0.0502 e. The molecule has 1 fully saturated rings. The topological polar surface area (TPSA) is 58.7 Å². The summed E-state index contributed by atoms with van der Waals surface area (Å²) in [4.78, 5) is 2.40. The molecule has 4 nitrogen and oxygen atoms in total. The summed E-state index contributed by atoms with van der Waals surface area (Å²) in [7, 11) is 1.76. The molecule has 0 bridgehead atoms. The molecule has 1 aliphatic rings. The first-order chi connectivity index (χ1) is 7.26. The van der Waals surface area contributed by atoms with E-state index in [2.05, 4.69) is 4.90 Å². The lowest BCUT2D eigenvalue weighted by atomic mass is 9.98. The second kappa shape index (κ2) is 7.17. The van der Waals surface area contributed by atoms with Crippen molar-refractivity contribution in [3.63, 3.8) is 0 Å². The molecule has 1 saturated heterocycles. The molecule has 0 saturated carbocycles. The molecule has 1 rings (SSSR count). The van der Waals surface area contributed by atoms with Gasteiger partial charge in [0.2, 0.25) is 0 Å². The van der Waals surface area contributed by atoms with E-state index >= 15 is 0 Å². The molecule has 0 spiro atoms. The molecule has 15 heavy (non-hydrogen) atoms. The Balaban J connectivity index is 2.23. The summed E-state index contributed by atoms with van der Waals surface area (Å²) in [6.45, 7) is 4.18. The van der Waals surface area contributed by atoms with Crippen LogP contribution in [-0.2, 0) is 4.74 Å². The number of methoxy groups -OCH3 is 1. The summed E-state index contributed by atoms with van der Waals surface area (Å²) in [6, 6.07) is 0.108. The molecule has 0 radical (unpaired) electrons. The molecule has 0 aromatic rings. The zero-order valence-electron chi connectivity index (χ0n) is 9.69. The molecule has 0 aliphatic carbocycles. The van der Waals surface area contributed by atoms with Crippen molar-refractivity contribution >= 4 is 0 Å². The lowest BCUT2D eigenvalue weighted by molar-refractivity contribution is 0.0862. The summed E-state index contributed by atoms with van der Waals surface area (Å²) in [5.74, 6) is 0.657. The number of ether oxygens (including phenoxy) is 1. The van der Waals surface area contributed by atoms with Crippen LogP contribution in [0.3, 0.4) is 0 Å². The van der Waals surface area contributed by atoms with Crippen LogP contribution >= 0.6 is 0 Å². The fourth-order valence-electron chi connectivity index (χ4n) is 2.28. The van der Waals surface area contributed by atoms with Gasteiger partial charge < -0.3 is 20.5 Å². The van der Waals surface area contributed by atoms with Gasteiger partial charge in [-0.1, -0.05) is 0 Å². The Morgan fingerprint density at radius 1 is 1.60 bits per heavy atom. The number of likely N-dealkylation sites (tertiary alicyclic amines) is 1. The van der Waals surface area contributed by atoms with Crippen LogP contribution in [0.2, 0.25) is 0 Å². The van der Waals surface area contributed by atoms with Crippen molar-refractivity contribution in [1.29, 1.82) is 0 Å². The number of aliphatic hydroxyl groups is 1. The smallest absolute Gasteiger partial charge is 0.0502 e. The molecule has 4 heteroatoms. The van der Waals surface area contributed by atoms with Crippen LogP contribution in [0.4, 0.5) is 0 Å². The SMILES string of the molecule is COCC1CCCN(CC(N)CCO)C1. The monoisotopic (exact) mass is 216 g/mol. The quantitative estimate of drug-likeness (QED) is 0.659. The standard InChI is InChI=1S/C11H24N2O2/c1-15-9-10-3-2-5-13(7-10)8-11(12)4-6-14/h10-11,14H,2-9,12H2,1H3. The van der Waals surface area contributed by atoms with Crippen LogP contribution in [-0.4, -0.2) is 56.0 Å². The van der Waals surface area contributed by atoms with E-state index in [1.807, 2.05) is 0 Å². The third-order valence-corrected chi connectivity index (χ3v) is 3.00. The second-order valence-corrected chi connectivity index (χ2v) is 4.50. The van der Waals surface area contributed by atoms with Crippen molar-refractivity contribution in [3.05, 3.63) is 0 Å². The Morgan fingerprint density at radius 2 is 2.40 bits per heavy atom. The molecule has 1 heterocycles. The molecule has 0 aromatic heterocycles. The molecule has 3 N–H and O–H groups in total. The fourth-order valence-corrected chi connectivity index (χ4v) is 2.28. The third kappa shape index (κ3) is 4.93. The first-order valence-electron chi connectivity index (χ1n) is 5.84. The maximum atomic E-state index is 8.78. The minimum atomic E-state index is 0.108. The normalized spacial score (nSPS) is 25.4. The summed E-state index contributed by atoms with van der Waals surface area (Å²) in [6.07, 6.45) is 3.20. The van der Waals surface area contributed by atoms with Gasteiger partial charge in [-0.3, -0.25) is 0 Å². The van der Waals surface area contributed by atoms with Crippen LogP contribution < -0.4 is 5.73 Å². The first kappa shape index (κ1) is 12.9. The number of rotatable bonds is 6. The fraction of sp³-hybridized carbons (Fsp3) is 1.00. The minimum absolute atomic E-state index is 0.108. The maximum absolute atomic E-state index is 8.78. The Labute approximate surface area is 92.4 Å². The molecule has 0 amide bonds. The van der Waals surface area contributed by atoms with E-state index in [1.165, 1.54) is 12.8 Å². The van der Waals surface area contributed by atoms with Crippen molar-refractivity contribution < 1.29 is 9.84 Å². The Hall–Kier alpha value is -0.160. The highest BCUT2D eigenvalue weighted by molar-refractivity contribution is 4.76. The average Bonchev–Trinajstić information content (AvgIpc) is 2.19. The van der Waals surface area contributed by atoms with Gasteiger partial charge in [0.15, 0.2) is 0 Å². The van der Waals surface area contributed by atoms with Crippen LogP contribution in [0.5, 0.6) is 0 Å². The van der Waals surface area contributed by atoms with E-state index in [4.69, 9.17) is 15.6 Å². The molecular formula is C11H24N2O2. The Kier molecular flexibility index (Phi) is 6.17. The van der Waals surface area contributed by atoms with Gasteiger partial charge in [0.05, 0.1) is 6.61 Å². The van der Waals surface area contributed by atoms with E-state index < -0.39 is 0 Å². The number of hydrogen-bond acceptors (Lipinski definition) is 4. The van der Waals surface area contributed by atoms with Crippen LogP contribution in [0, 0.1) is 5.92 Å². The zero-order valence-corrected chi connectivity index (χ0v) is 9.69. The van der Waals surface area contributed by atoms with Crippen molar-refractivity contribution in [1.82, 2.24) is 4.90 Å². The molecule has 2 unspecified atom stereocenters. The minimum Gasteiger partial charge on any atom is -0.396 e. The number of piperidine rings is 1. The van der Waals surface area contributed by atoms with E-state index in [1.54, 1.807) is 7.11 Å². The highest BCUT2D eigenvalue weighted by Gasteiger charge is 2.20. The Bertz CT molecular complexity index is 163. The van der Waals surface area contributed by atoms with E-state index in [0.29, 0.717) is 12.3 Å². The lowest BCUT2D eigenvalue weighted by Gasteiger charge is -2.33. The summed E-state index contributed by atoms with van der Waals surface area (Å²) < 4.78 is 5.18. The lowest BCUT2D eigenvalue weighted by Crippen LogP contribution is -2.44. The summed E-state index contributed by atoms with van der Waals surface area (Å²) in [5.41, 5.74) is 5.90. The van der Waals surface area contributed by atoms with Crippen molar-refractivity contribution in [2.45, 2.75) is 25.3 Å². The number of aliphatic hydroxyl groups excluding tert-OH is 1. The average molecular weight is 216 g/mol. The highest BCUT2D eigenvalue weighted by Crippen LogP contribution is 2.16. The van der Waals surface area contributed by atoms with Gasteiger partial charge in [-0.25, -0.2) is 0 Å². The van der Waals surface area contributed by atoms with E-state index in [0.717, 1.165) is 26.2 Å². The molecule has 2 atom stereocenters. The highest BCUT2D eigenvalue weighted by atomic mass is 16.5. The van der Waals surface area contributed by atoms with Gasteiger partial charge in [0.25, 0.3) is 0 Å².